The van der Waals surface area contributed by atoms with Gasteiger partial charge in [0.15, 0.2) is 11.2 Å². The molecule has 0 radical (unpaired) electrons. The standard InChI is InChI=1S/C21H20N4O/c1-14-10-11-18-17(13-14)24-19-20(22-15(2)23-21(19)26)25(18)12-6-9-16-7-4-3-5-8-16/h3-5,7-8,10-11,13H,2,6,9,12H2,1H3,(H,23,26). The van der Waals surface area contributed by atoms with Crippen molar-refractivity contribution in [1.29, 1.82) is 0 Å². The average molecular weight is 344 g/mol. The maximum absolute atomic E-state index is 12.4. The first kappa shape index (κ1) is 16.3. The molecule has 0 unspecified atom stereocenters. The summed E-state index contributed by atoms with van der Waals surface area (Å²) in [6.45, 7) is 6.56. The molecule has 5 nitrogen and oxygen atoms in total. The third kappa shape index (κ3) is 3.04. The predicted octanol–water partition coefficient (Wildman–Crippen LogP) is 2.52. The summed E-state index contributed by atoms with van der Waals surface area (Å²) >= 11 is 0. The van der Waals surface area contributed by atoms with Crippen LogP contribution in [0.3, 0.4) is 0 Å². The Balaban J connectivity index is 1.73. The van der Waals surface area contributed by atoms with Crippen LogP contribution in [0.1, 0.15) is 17.5 Å². The van der Waals surface area contributed by atoms with Crippen molar-refractivity contribution in [3.8, 4) is 0 Å². The minimum Gasteiger partial charge on any atom is -0.322 e. The number of nitrogens with one attached hydrogen (secondary N) is 1. The molecule has 2 heterocycles. The molecule has 3 aromatic rings. The number of aromatic nitrogens is 2. The minimum atomic E-state index is -0.250. The van der Waals surface area contributed by atoms with E-state index in [2.05, 4.69) is 56.8 Å². The monoisotopic (exact) mass is 344 g/mol. The van der Waals surface area contributed by atoms with Gasteiger partial charge in [-0.1, -0.05) is 43.0 Å². The number of anilines is 2. The van der Waals surface area contributed by atoms with E-state index in [1.165, 1.54) is 5.56 Å². The molecule has 0 saturated carbocycles. The first-order valence-corrected chi connectivity index (χ1v) is 8.72. The van der Waals surface area contributed by atoms with Gasteiger partial charge < -0.3 is 9.88 Å². The number of fused-ring (bicyclic) bond motifs is 2. The molecule has 1 aliphatic rings. The molecule has 4 rings (SSSR count). The molecular formula is C21H20N4O. The van der Waals surface area contributed by atoms with E-state index in [4.69, 9.17) is 0 Å². The quantitative estimate of drug-likeness (QED) is 0.791. The van der Waals surface area contributed by atoms with Crippen LogP contribution in [0, 0.1) is 6.92 Å². The van der Waals surface area contributed by atoms with Crippen molar-refractivity contribution in [3.63, 3.8) is 0 Å². The summed E-state index contributed by atoms with van der Waals surface area (Å²) < 4.78 is 0. The van der Waals surface area contributed by atoms with Crippen molar-refractivity contribution in [1.82, 2.24) is 9.97 Å². The number of hydrogen-bond acceptors (Lipinski definition) is 4. The van der Waals surface area contributed by atoms with Gasteiger partial charge in [-0.2, -0.15) is 0 Å². The van der Waals surface area contributed by atoms with Crippen molar-refractivity contribution in [3.05, 3.63) is 80.8 Å². The molecule has 1 N–H and O–H groups in total. The molecule has 0 saturated heterocycles. The van der Waals surface area contributed by atoms with E-state index >= 15 is 0 Å². The molecule has 2 aromatic carbocycles. The number of benzene rings is 2. The third-order valence-electron chi connectivity index (χ3n) is 4.53. The summed E-state index contributed by atoms with van der Waals surface area (Å²) in [5, 5.41) is 0.357. The second-order valence-corrected chi connectivity index (χ2v) is 6.53. The second kappa shape index (κ2) is 6.59. The third-order valence-corrected chi connectivity index (χ3v) is 4.53. The van der Waals surface area contributed by atoms with Crippen LogP contribution in [-0.2, 0) is 6.42 Å². The molecule has 5 heteroatoms. The normalized spacial score (nSPS) is 12.3. The number of H-pyrrole nitrogens is 1. The van der Waals surface area contributed by atoms with Gasteiger partial charge in [-0.3, -0.25) is 4.79 Å². The summed E-state index contributed by atoms with van der Waals surface area (Å²) in [4.78, 5) is 26.1. The SMILES string of the molecule is C=c1nc2c(c(=O)[nH]1)=Nc1cc(C)ccc1N2CCCc1ccccc1. The molecule has 0 spiro atoms. The maximum atomic E-state index is 12.4. The van der Waals surface area contributed by atoms with Crippen LogP contribution < -0.4 is 21.3 Å². The summed E-state index contributed by atoms with van der Waals surface area (Å²) in [5.74, 6) is 0.586. The van der Waals surface area contributed by atoms with Gasteiger partial charge in [0, 0.05) is 6.54 Å². The van der Waals surface area contributed by atoms with E-state index in [9.17, 15) is 4.79 Å². The summed E-state index contributed by atoms with van der Waals surface area (Å²) in [6.07, 6.45) is 1.91. The van der Waals surface area contributed by atoms with Gasteiger partial charge in [0.2, 0.25) is 0 Å². The molecule has 26 heavy (non-hydrogen) atoms. The number of hydrogen-bond donors (Lipinski definition) is 1. The minimum absolute atomic E-state index is 0.250. The fourth-order valence-electron chi connectivity index (χ4n) is 3.29. The zero-order valence-electron chi connectivity index (χ0n) is 14.7. The van der Waals surface area contributed by atoms with Crippen LogP contribution in [-0.4, -0.2) is 16.5 Å². The van der Waals surface area contributed by atoms with Crippen LogP contribution in [0.15, 0.2) is 58.3 Å². The summed E-state index contributed by atoms with van der Waals surface area (Å²) in [6, 6.07) is 16.5. The molecule has 0 amide bonds. The highest BCUT2D eigenvalue weighted by molar-refractivity contribution is 5.75. The highest BCUT2D eigenvalue weighted by atomic mass is 16.1. The number of aromatic amines is 1. The van der Waals surface area contributed by atoms with Crippen LogP contribution in [0.2, 0.25) is 0 Å². The van der Waals surface area contributed by atoms with E-state index < -0.39 is 0 Å². The molecule has 0 aliphatic carbocycles. The van der Waals surface area contributed by atoms with Crippen molar-refractivity contribution in [2.45, 2.75) is 19.8 Å². The van der Waals surface area contributed by atoms with E-state index in [0.717, 1.165) is 36.3 Å². The predicted molar refractivity (Wildman–Crippen MR) is 104 cm³/mol. The van der Waals surface area contributed by atoms with E-state index in [1.807, 2.05) is 25.1 Å². The first-order chi connectivity index (χ1) is 12.6. The Bertz CT molecular complexity index is 1120. The fraction of sp³-hybridized carbons (Fsp3) is 0.190. The lowest BCUT2D eigenvalue weighted by Gasteiger charge is -2.28. The van der Waals surface area contributed by atoms with Crippen molar-refractivity contribution in [2.24, 2.45) is 4.99 Å². The van der Waals surface area contributed by atoms with Gasteiger partial charge in [0.25, 0.3) is 5.56 Å². The van der Waals surface area contributed by atoms with Gasteiger partial charge in [-0.15, -0.1) is 0 Å². The van der Waals surface area contributed by atoms with Crippen LogP contribution >= 0.6 is 0 Å². The van der Waals surface area contributed by atoms with E-state index in [1.54, 1.807) is 0 Å². The van der Waals surface area contributed by atoms with Crippen molar-refractivity contribution < 1.29 is 0 Å². The zero-order chi connectivity index (χ0) is 18.1. The maximum Gasteiger partial charge on any atom is 0.279 e. The Labute approximate surface area is 151 Å². The smallest absolute Gasteiger partial charge is 0.279 e. The Hall–Kier alpha value is -3.21. The Morgan fingerprint density at radius 1 is 1.15 bits per heavy atom. The lowest BCUT2D eigenvalue weighted by Crippen LogP contribution is -2.42. The molecule has 1 aromatic heterocycles. The first-order valence-electron chi connectivity index (χ1n) is 8.72. The van der Waals surface area contributed by atoms with Crippen molar-refractivity contribution in [2.75, 3.05) is 11.4 Å². The molecular weight excluding hydrogens is 324 g/mol. The Kier molecular flexibility index (Phi) is 4.13. The average Bonchev–Trinajstić information content (AvgIpc) is 2.62. The molecule has 0 bridgehead atoms. The van der Waals surface area contributed by atoms with Gasteiger partial charge >= 0.3 is 0 Å². The highest BCUT2D eigenvalue weighted by Gasteiger charge is 2.22. The Morgan fingerprint density at radius 3 is 2.77 bits per heavy atom. The fourth-order valence-corrected chi connectivity index (χ4v) is 3.29. The van der Waals surface area contributed by atoms with Crippen molar-refractivity contribution >= 4 is 23.8 Å². The van der Waals surface area contributed by atoms with E-state index in [0.29, 0.717) is 16.7 Å². The van der Waals surface area contributed by atoms with Gasteiger partial charge in [0.1, 0.15) is 5.48 Å². The van der Waals surface area contributed by atoms with Crippen LogP contribution in [0.4, 0.5) is 17.2 Å². The lowest BCUT2D eigenvalue weighted by molar-refractivity contribution is 0.784. The number of rotatable bonds is 4. The molecule has 1 aliphatic heterocycles. The van der Waals surface area contributed by atoms with Gasteiger partial charge in [-0.25, -0.2) is 9.98 Å². The molecule has 0 atom stereocenters. The van der Waals surface area contributed by atoms with Gasteiger partial charge in [-0.05, 0) is 43.0 Å². The van der Waals surface area contributed by atoms with Crippen LogP contribution in [0.25, 0.3) is 6.58 Å². The summed E-state index contributed by atoms with van der Waals surface area (Å²) in [7, 11) is 0. The second-order valence-electron chi connectivity index (χ2n) is 6.53. The largest absolute Gasteiger partial charge is 0.322 e. The lowest BCUT2D eigenvalue weighted by atomic mass is 10.1. The highest BCUT2D eigenvalue weighted by Crippen LogP contribution is 2.35. The van der Waals surface area contributed by atoms with Crippen LogP contribution in [0.5, 0.6) is 0 Å². The summed E-state index contributed by atoms with van der Waals surface area (Å²) in [5.41, 5.74) is 4.30. The molecule has 0 fully saturated rings. The topological polar surface area (TPSA) is 61.4 Å². The number of aryl methyl sites for hydroxylation is 2. The van der Waals surface area contributed by atoms with E-state index in [-0.39, 0.29) is 5.56 Å². The molecule has 130 valence electrons. The zero-order valence-corrected chi connectivity index (χ0v) is 14.7. The number of nitrogens with zero attached hydrogens (tertiary/aromatic N) is 3. The van der Waals surface area contributed by atoms with Gasteiger partial charge in [0.05, 0.1) is 11.4 Å². The Morgan fingerprint density at radius 2 is 1.96 bits per heavy atom.